The summed E-state index contributed by atoms with van der Waals surface area (Å²) in [5.41, 5.74) is 2.13. The van der Waals surface area contributed by atoms with Crippen molar-refractivity contribution >= 4 is 22.6 Å². The second kappa shape index (κ2) is 10.2. The van der Waals surface area contributed by atoms with Gasteiger partial charge in [0.1, 0.15) is 5.82 Å². The molecule has 7 heteroatoms. The Morgan fingerprint density at radius 3 is 2.32 bits per heavy atom. The number of ether oxygens (including phenoxy) is 1. The maximum absolute atomic E-state index is 13.5. The molecule has 3 aliphatic heterocycles. The number of rotatable bonds is 5. The van der Waals surface area contributed by atoms with Gasteiger partial charge in [0.25, 0.3) is 11.8 Å². The zero-order valence-electron chi connectivity index (χ0n) is 20.9. The fourth-order valence-corrected chi connectivity index (χ4v) is 6.29. The van der Waals surface area contributed by atoms with E-state index >= 15 is 0 Å². The molecule has 1 N–H and O–H groups in total. The van der Waals surface area contributed by atoms with Gasteiger partial charge in [0.2, 0.25) is 0 Å². The average molecular weight is 502 g/mol. The number of fused-ring (bicyclic) bond motifs is 3. The predicted octanol–water partition coefficient (Wildman–Crippen LogP) is 4.38. The summed E-state index contributed by atoms with van der Waals surface area (Å²) in [6, 6.07) is 19.2. The molecule has 3 aliphatic rings. The zero-order chi connectivity index (χ0) is 25.4. The highest BCUT2D eigenvalue weighted by atomic mass is 19.1. The van der Waals surface area contributed by atoms with E-state index < -0.39 is 0 Å². The molecule has 37 heavy (non-hydrogen) atoms. The van der Waals surface area contributed by atoms with Gasteiger partial charge < -0.3 is 15.0 Å². The Bertz CT molecular complexity index is 1310. The second-order valence-electron chi connectivity index (χ2n) is 10.5. The quantitative estimate of drug-likeness (QED) is 0.564. The van der Waals surface area contributed by atoms with Gasteiger partial charge in [0.05, 0.1) is 24.3 Å². The standard InChI is InChI=1S/C30H32FN3O3/c31-23-8-7-21-15-20(5-6-22(21)16-23)19-34-25-9-10-26(34)18-24(17-25)32-29(35)27-3-1-2-4-28(27)30(36)33-11-13-37-14-12-33/h1-8,15-16,24-26H,9-14,17-19H2,(H,32,35)/t24?,25-,26+. The summed E-state index contributed by atoms with van der Waals surface area (Å²) in [5, 5.41) is 5.22. The van der Waals surface area contributed by atoms with Crippen molar-refractivity contribution in [1.29, 1.82) is 0 Å². The fraction of sp³-hybridized carbons (Fsp3) is 0.400. The molecule has 0 aliphatic carbocycles. The maximum Gasteiger partial charge on any atom is 0.254 e. The number of carbonyl (C=O) groups is 2. The fourth-order valence-electron chi connectivity index (χ4n) is 6.29. The molecule has 3 fully saturated rings. The van der Waals surface area contributed by atoms with E-state index in [4.69, 9.17) is 4.74 Å². The molecule has 3 heterocycles. The summed E-state index contributed by atoms with van der Waals surface area (Å²) in [6.45, 7) is 3.01. The minimum absolute atomic E-state index is 0.0902. The monoisotopic (exact) mass is 501 g/mol. The maximum atomic E-state index is 13.5. The molecule has 0 aromatic heterocycles. The van der Waals surface area contributed by atoms with Crippen LogP contribution in [-0.2, 0) is 11.3 Å². The van der Waals surface area contributed by atoms with E-state index in [0.717, 1.165) is 43.0 Å². The van der Waals surface area contributed by atoms with Crippen molar-refractivity contribution in [2.24, 2.45) is 0 Å². The highest BCUT2D eigenvalue weighted by Gasteiger charge is 2.41. The normalized spacial score (nSPS) is 23.8. The lowest BCUT2D eigenvalue weighted by molar-refractivity contribution is 0.0301. The molecular weight excluding hydrogens is 469 g/mol. The first-order chi connectivity index (χ1) is 18.0. The Balaban J connectivity index is 1.12. The van der Waals surface area contributed by atoms with Crippen LogP contribution in [0.15, 0.2) is 60.7 Å². The Labute approximate surface area is 216 Å². The van der Waals surface area contributed by atoms with Crippen molar-refractivity contribution in [3.63, 3.8) is 0 Å². The van der Waals surface area contributed by atoms with Gasteiger partial charge in [-0.15, -0.1) is 0 Å². The number of morpholine rings is 1. The average Bonchev–Trinajstić information content (AvgIpc) is 3.15. The zero-order valence-corrected chi connectivity index (χ0v) is 20.9. The highest BCUT2D eigenvalue weighted by Crippen LogP contribution is 2.37. The summed E-state index contributed by atoms with van der Waals surface area (Å²) < 4.78 is 18.9. The molecule has 3 atom stereocenters. The highest BCUT2D eigenvalue weighted by molar-refractivity contribution is 6.07. The number of nitrogens with zero attached hydrogens (tertiary/aromatic N) is 2. The van der Waals surface area contributed by atoms with Crippen molar-refractivity contribution in [3.05, 3.63) is 83.2 Å². The summed E-state index contributed by atoms with van der Waals surface area (Å²) in [4.78, 5) is 30.8. The van der Waals surface area contributed by atoms with Crippen LogP contribution in [0.4, 0.5) is 4.39 Å². The topological polar surface area (TPSA) is 61.9 Å². The number of hydrogen-bond acceptors (Lipinski definition) is 4. The van der Waals surface area contributed by atoms with Gasteiger partial charge in [0, 0.05) is 37.8 Å². The van der Waals surface area contributed by atoms with Gasteiger partial charge >= 0.3 is 0 Å². The first-order valence-corrected chi connectivity index (χ1v) is 13.3. The van der Waals surface area contributed by atoms with E-state index in [0.29, 0.717) is 49.5 Å². The Hall–Kier alpha value is -3.29. The lowest BCUT2D eigenvalue weighted by Crippen LogP contribution is -2.50. The molecule has 0 saturated carbocycles. The van der Waals surface area contributed by atoms with Gasteiger partial charge in [-0.25, -0.2) is 4.39 Å². The van der Waals surface area contributed by atoms with Crippen LogP contribution in [-0.4, -0.2) is 66.0 Å². The van der Waals surface area contributed by atoms with Crippen LogP contribution in [0.2, 0.25) is 0 Å². The van der Waals surface area contributed by atoms with Gasteiger partial charge in [-0.3, -0.25) is 14.5 Å². The minimum Gasteiger partial charge on any atom is -0.378 e. The molecule has 2 bridgehead atoms. The van der Waals surface area contributed by atoms with Crippen molar-refractivity contribution in [2.45, 2.75) is 50.4 Å². The molecule has 3 aromatic carbocycles. The predicted molar refractivity (Wildman–Crippen MR) is 140 cm³/mol. The number of hydrogen-bond donors (Lipinski definition) is 1. The third-order valence-corrected chi connectivity index (χ3v) is 8.15. The first-order valence-electron chi connectivity index (χ1n) is 13.3. The number of benzene rings is 3. The van der Waals surface area contributed by atoms with Crippen LogP contribution in [0.1, 0.15) is 52.0 Å². The molecule has 3 aromatic rings. The number of carbonyl (C=O) groups excluding carboxylic acids is 2. The molecule has 2 amide bonds. The van der Waals surface area contributed by atoms with Crippen molar-refractivity contribution < 1.29 is 18.7 Å². The summed E-state index contributed by atoms with van der Waals surface area (Å²) in [7, 11) is 0. The van der Waals surface area contributed by atoms with Gasteiger partial charge in [-0.05, 0) is 72.4 Å². The van der Waals surface area contributed by atoms with Crippen molar-refractivity contribution in [2.75, 3.05) is 26.3 Å². The van der Waals surface area contributed by atoms with E-state index in [-0.39, 0.29) is 23.7 Å². The number of piperidine rings is 1. The van der Waals surface area contributed by atoms with E-state index in [9.17, 15) is 14.0 Å². The molecule has 6 rings (SSSR count). The smallest absolute Gasteiger partial charge is 0.254 e. The molecular formula is C30H32FN3O3. The molecule has 6 nitrogen and oxygen atoms in total. The van der Waals surface area contributed by atoms with Crippen LogP contribution in [0.25, 0.3) is 10.8 Å². The molecule has 192 valence electrons. The number of halogens is 1. The summed E-state index contributed by atoms with van der Waals surface area (Å²) in [5.74, 6) is -0.491. The van der Waals surface area contributed by atoms with Crippen molar-refractivity contribution in [3.8, 4) is 0 Å². The molecule has 0 spiro atoms. The SMILES string of the molecule is O=C(NC1C[C@H]2CC[C@@H](C1)N2Cc1ccc2cc(F)ccc2c1)c1ccccc1C(=O)N1CCOCC1. The summed E-state index contributed by atoms with van der Waals surface area (Å²) >= 11 is 0. The van der Waals surface area contributed by atoms with Crippen molar-refractivity contribution in [1.82, 2.24) is 15.1 Å². The van der Waals surface area contributed by atoms with Crippen LogP contribution in [0, 0.1) is 5.82 Å². The van der Waals surface area contributed by atoms with E-state index in [2.05, 4.69) is 22.3 Å². The van der Waals surface area contributed by atoms with E-state index in [1.807, 2.05) is 24.3 Å². The third kappa shape index (κ3) is 4.98. The Kier molecular flexibility index (Phi) is 6.65. The molecule has 1 unspecified atom stereocenters. The van der Waals surface area contributed by atoms with E-state index in [1.54, 1.807) is 23.1 Å². The van der Waals surface area contributed by atoms with Crippen LogP contribution >= 0.6 is 0 Å². The minimum atomic E-state index is -0.213. The van der Waals surface area contributed by atoms with Gasteiger partial charge in [0.15, 0.2) is 0 Å². The van der Waals surface area contributed by atoms with Crippen LogP contribution in [0.5, 0.6) is 0 Å². The Morgan fingerprint density at radius 2 is 1.57 bits per heavy atom. The molecule has 3 saturated heterocycles. The Morgan fingerprint density at radius 1 is 0.892 bits per heavy atom. The molecule has 0 radical (unpaired) electrons. The summed E-state index contributed by atoms with van der Waals surface area (Å²) in [6.07, 6.45) is 4.06. The third-order valence-electron chi connectivity index (χ3n) is 8.15. The van der Waals surface area contributed by atoms with Crippen LogP contribution < -0.4 is 5.32 Å². The van der Waals surface area contributed by atoms with Gasteiger partial charge in [-0.2, -0.15) is 0 Å². The lowest BCUT2D eigenvalue weighted by Gasteiger charge is -2.39. The number of nitrogens with one attached hydrogen (secondary N) is 1. The van der Waals surface area contributed by atoms with E-state index in [1.165, 1.54) is 11.6 Å². The van der Waals surface area contributed by atoms with Gasteiger partial charge in [-0.1, -0.05) is 30.3 Å². The number of amides is 2. The first kappa shape index (κ1) is 24.1. The second-order valence-corrected chi connectivity index (χ2v) is 10.5. The lowest BCUT2D eigenvalue weighted by atomic mass is 9.95. The van der Waals surface area contributed by atoms with Crippen LogP contribution in [0.3, 0.4) is 0 Å². The largest absolute Gasteiger partial charge is 0.378 e.